The van der Waals surface area contributed by atoms with Gasteiger partial charge in [0.15, 0.2) is 5.75 Å². The van der Waals surface area contributed by atoms with E-state index in [-0.39, 0.29) is 0 Å². The van der Waals surface area contributed by atoms with Gasteiger partial charge in [0.2, 0.25) is 0 Å². The van der Waals surface area contributed by atoms with E-state index in [0.29, 0.717) is 28.2 Å². The summed E-state index contributed by atoms with van der Waals surface area (Å²) in [5, 5.41) is 7.79. The van der Waals surface area contributed by atoms with Crippen LogP contribution in [-0.4, -0.2) is 66.2 Å². The number of ether oxygens (including phenoxy) is 2. The van der Waals surface area contributed by atoms with Crippen molar-refractivity contribution in [2.75, 3.05) is 49.6 Å². The lowest BCUT2D eigenvalue weighted by atomic mass is 10.0. The molecule has 0 aliphatic carbocycles. The Morgan fingerprint density at radius 3 is 2.53 bits per heavy atom. The number of carbonyl (C=O) groups is 1. The summed E-state index contributed by atoms with van der Waals surface area (Å²) in [5.41, 5.74) is 3.33. The molecule has 190 valence electrons. The van der Waals surface area contributed by atoms with Crippen molar-refractivity contribution in [2.24, 2.45) is 0 Å². The first-order chi connectivity index (χ1) is 17.5. The third-order valence-corrected chi connectivity index (χ3v) is 7.69. The van der Waals surface area contributed by atoms with Crippen LogP contribution in [0.2, 0.25) is 5.02 Å². The number of hydrogen-bond donors (Lipinski definition) is 1. The zero-order chi connectivity index (χ0) is 25.1. The molecule has 2 fully saturated rings. The average molecular weight is 575 g/mol. The van der Waals surface area contributed by atoms with E-state index >= 15 is 0 Å². The molecule has 1 N–H and O–H groups in total. The number of rotatable bonds is 5. The van der Waals surface area contributed by atoms with Crippen molar-refractivity contribution >= 4 is 45.0 Å². The summed E-state index contributed by atoms with van der Waals surface area (Å²) in [6.45, 7) is 7.61. The fourth-order valence-corrected chi connectivity index (χ4v) is 5.59. The lowest BCUT2D eigenvalue weighted by molar-refractivity contribution is 0.0115. The molecule has 2 aromatic carbocycles. The van der Waals surface area contributed by atoms with Crippen molar-refractivity contribution in [3.05, 3.63) is 63.9 Å². The van der Waals surface area contributed by atoms with E-state index in [1.807, 2.05) is 37.3 Å². The molecule has 0 unspecified atom stereocenters. The third kappa shape index (κ3) is 5.70. The van der Waals surface area contributed by atoms with E-state index in [1.54, 1.807) is 16.8 Å². The second-order valence-electron chi connectivity index (χ2n) is 9.03. The van der Waals surface area contributed by atoms with Crippen molar-refractivity contribution in [1.29, 1.82) is 0 Å². The molecule has 10 heteroatoms. The molecule has 0 saturated carbocycles. The van der Waals surface area contributed by atoms with Gasteiger partial charge in [0, 0.05) is 47.4 Å². The molecule has 5 rings (SSSR count). The molecule has 0 spiro atoms. The largest absolute Gasteiger partial charge is 0.417 e. The zero-order valence-corrected chi connectivity index (χ0v) is 22.5. The van der Waals surface area contributed by atoms with E-state index < -0.39 is 6.09 Å². The van der Waals surface area contributed by atoms with Gasteiger partial charge in [-0.3, -0.25) is 10.2 Å². The highest BCUT2D eigenvalue weighted by atomic mass is 79.9. The van der Waals surface area contributed by atoms with Gasteiger partial charge in [-0.05, 0) is 78.2 Å². The van der Waals surface area contributed by atoms with E-state index in [0.717, 1.165) is 68.1 Å². The highest BCUT2D eigenvalue weighted by Gasteiger charge is 2.26. The van der Waals surface area contributed by atoms with Gasteiger partial charge >= 0.3 is 6.09 Å². The maximum absolute atomic E-state index is 12.6. The summed E-state index contributed by atoms with van der Waals surface area (Å²) in [4.78, 5) is 17.5. The number of nitrogens with one attached hydrogen (secondary N) is 1. The number of anilines is 2. The fourth-order valence-electron chi connectivity index (χ4n) is 4.84. The number of hydrogen-bond acceptors (Lipinski definition) is 6. The van der Waals surface area contributed by atoms with Crippen molar-refractivity contribution < 1.29 is 14.3 Å². The molecule has 3 aromatic rings. The van der Waals surface area contributed by atoms with Gasteiger partial charge in [0.05, 0.1) is 36.5 Å². The van der Waals surface area contributed by atoms with Crippen LogP contribution in [-0.2, 0) is 4.74 Å². The number of halogens is 2. The summed E-state index contributed by atoms with van der Waals surface area (Å²) < 4.78 is 13.7. The number of amides is 1. The highest BCUT2D eigenvalue weighted by Crippen LogP contribution is 2.32. The second-order valence-corrected chi connectivity index (χ2v) is 10.3. The number of morpholine rings is 1. The Labute approximate surface area is 224 Å². The third-order valence-electron chi connectivity index (χ3n) is 6.80. The van der Waals surface area contributed by atoms with Crippen molar-refractivity contribution in [1.82, 2.24) is 14.7 Å². The Morgan fingerprint density at radius 2 is 1.83 bits per heavy atom. The summed E-state index contributed by atoms with van der Waals surface area (Å²) in [7, 11) is 0. The van der Waals surface area contributed by atoms with Gasteiger partial charge in [-0.1, -0.05) is 11.6 Å². The number of piperidine rings is 1. The topological polar surface area (TPSA) is 71.9 Å². The smallest absolute Gasteiger partial charge is 0.406 e. The molecule has 0 bridgehead atoms. The Hall–Kier alpha value is -2.59. The van der Waals surface area contributed by atoms with Gasteiger partial charge in [-0.15, -0.1) is 0 Å². The monoisotopic (exact) mass is 573 g/mol. The van der Waals surface area contributed by atoms with Crippen LogP contribution in [0, 0.1) is 6.92 Å². The first-order valence-corrected chi connectivity index (χ1v) is 13.3. The van der Waals surface area contributed by atoms with Crippen LogP contribution in [0.25, 0.3) is 5.69 Å². The molecule has 8 nitrogen and oxygen atoms in total. The Balaban J connectivity index is 1.17. The molecular formula is C26H29BrClN5O3. The maximum atomic E-state index is 12.6. The van der Waals surface area contributed by atoms with Crippen LogP contribution >= 0.6 is 27.5 Å². The van der Waals surface area contributed by atoms with E-state index in [4.69, 9.17) is 21.1 Å². The van der Waals surface area contributed by atoms with Gasteiger partial charge in [0.1, 0.15) is 0 Å². The number of carbonyl (C=O) groups excluding carboxylic acids is 1. The maximum Gasteiger partial charge on any atom is 0.417 e. The Bertz CT molecular complexity index is 1200. The first-order valence-electron chi connectivity index (χ1n) is 12.1. The van der Waals surface area contributed by atoms with Crippen molar-refractivity contribution in [3.63, 3.8) is 0 Å². The Morgan fingerprint density at radius 1 is 1.11 bits per heavy atom. The molecule has 2 saturated heterocycles. The Kier molecular flexibility index (Phi) is 7.81. The van der Waals surface area contributed by atoms with Gasteiger partial charge in [-0.25, -0.2) is 9.48 Å². The molecule has 3 heterocycles. The van der Waals surface area contributed by atoms with Gasteiger partial charge in [-0.2, -0.15) is 5.10 Å². The van der Waals surface area contributed by atoms with E-state index in [9.17, 15) is 4.79 Å². The molecule has 2 aliphatic rings. The number of benzene rings is 2. The second kappa shape index (κ2) is 11.2. The van der Waals surface area contributed by atoms with Crippen LogP contribution in [0.1, 0.15) is 18.5 Å². The normalized spacial score (nSPS) is 17.2. The van der Waals surface area contributed by atoms with E-state index in [2.05, 4.69) is 36.1 Å². The number of nitrogens with zero attached hydrogens (tertiary/aromatic N) is 4. The SMILES string of the molecule is Cc1c(OC(=O)Nc2ccc(N3CCC(N4CCOCC4)CC3)c(Br)c2)cnn1-c1ccc(Cl)cc1. The molecule has 1 aromatic heterocycles. The molecule has 36 heavy (non-hydrogen) atoms. The summed E-state index contributed by atoms with van der Waals surface area (Å²) >= 11 is 9.66. The first kappa shape index (κ1) is 25.1. The van der Waals surface area contributed by atoms with E-state index in [1.165, 1.54) is 6.20 Å². The molecular weight excluding hydrogens is 546 g/mol. The number of aromatic nitrogens is 2. The van der Waals surface area contributed by atoms with Gasteiger partial charge < -0.3 is 14.4 Å². The van der Waals surface area contributed by atoms with Gasteiger partial charge in [0.25, 0.3) is 0 Å². The molecule has 2 aliphatic heterocycles. The lowest BCUT2D eigenvalue weighted by Crippen LogP contribution is -2.49. The van der Waals surface area contributed by atoms with Crippen LogP contribution in [0.5, 0.6) is 5.75 Å². The summed E-state index contributed by atoms with van der Waals surface area (Å²) in [6, 6.07) is 13.8. The van der Waals surface area contributed by atoms with Crippen LogP contribution < -0.4 is 15.0 Å². The van der Waals surface area contributed by atoms with Crippen molar-refractivity contribution in [2.45, 2.75) is 25.8 Å². The molecule has 0 radical (unpaired) electrons. The predicted molar refractivity (Wildman–Crippen MR) is 145 cm³/mol. The predicted octanol–water partition coefficient (Wildman–Crippen LogP) is 5.51. The fraction of sp³-hybridized carbons (Fsp3) is 0.385. The minimum atomic E-state index is -0.570. The minimum absolute atomic E-state index is 0.390. The van der Waals surface area contributed by atoms with Crippen LogP contribution in [0.15, 0.2) is 53.1 Å². The summed E-state index contributed by atoms with van der Waals surface area (Å²) in [5.74, 6) is 0.390. The van der Waals surface area contributed by atoms with Crippen LogP contribution in [0.3, 0.4) is 0 Å². The molecule has 1 amide bonds. The average Bonchev–Trinajstić information content (AvgIpc) is 3.25. The van der Waals surface area contributed by atoms with Crippen LogP contribution in [0.4, 0.5) is 16.2 Å². The lowest BCUT2D eigenvalue weighted by Gasteiger charge is -2.41. The highest BCUT2D eigenvalue weighted by molar-refractivity contribution is 9.10. The summed E-state index contributed by atoms with van der Waals surface area (Å²) in [6.07, 6.45) is 3.24. The standard InChI is InChI=1S/C26H29BrClN5O3/c1-18-25(17-29-33(18)22-5-2-19(28)3-6-22)36-26(34)30-20-4-7-24(23(27)16-20)32-10-8-21(9-11-32)31-12-14-35-15-13-31/h2-7,16-17,21H,8-15H2,1H3,(H,30,34). The molecule has 0 atom stereocenters. The van der Waals surface area contributed by atoms with Crippen molar-refractivity contribution in [3.8, 4) is 11.4 Å². The zero-order valence-electron chi connectivity index (χ0n) is 20.1. The quantitative estimate of drug-likeness (QED) is 0.433. The minimum Gasteiger partial charge on any atom is -0.406 e.